The van der Waals surface area contributed by atoms with Gasteiger partial charge >= 0.3 is 23.5 Å². The molecule has 0 saturated heterocycles. The predicted octanol–water partition coefficient (Wildman–Crippen LogP) is 0.424. The molecule has 0 aliphatic heterocycles. The van der Waals surface area contributed by atoms with E-state index < -0.39 is 23.5 Å². The number of carbonyl (C=O) groups excluding carboxylic acids is 1. The van der Waals surface area contributed by atoms with Gasteiger partial charge in [-0.2, -0.15) is 0 Å². The maximum atomic E-state index is 11.1. The van der Waals surface area contributed by atoms with Crippen LogP contribution < -0.4 is 0 Å². The summed E-state index contributed by atoms with van der Waals surface area (Å²) in [4.78, 5) is 32.6. The number of esters is 1. The zero-order valence-electron chi connectivity index (χ0n) is 8.44. The Morgan fingerprint density at radius 1 is 1.27 bits per heavy atom. The van der Waals surface area contributed by atoms with Gasteiger partial charge in [0.05, 0.1) is 0 Å². The maximum Gasteiger partial charge on any atom is 0.360 e. The number of carboxylic acids is 2. The topological polar surface area (TPSA) is 101 Å². The van der Waals surface area contributed by atoms with Gasteiger partial charge in [-0.15, -0.1) is 0 Å². The molecule has 0 fully saturated rings. The largest absolute Gasteiger partial charge is 0.478 e. The molecule has 0 unspecified atom stereocenters. The molecule has 0 bridgehead atoms. The van der Waals surface area contributed by atoms with Crippen molar-refractivity contribution in [1.29, 1.82) is 0 Å². The van der Waals surface area contributed by atoms with E-state index in [0.717, 1.165) is 0 Å². The van der Waals surface area contributed by atoms with Gasteiger partial charge in [-0.05, 0) is 6.92 Å². The van der Waals surface area contributed by atoms with Crippen LogP contribution >= 0.6 is 0 Å². The van der Waals surface area contributed by atoms with Crippen molar-refractivity contribution >= 4 is 17.9 Å². The summed E-state index contributed by atoms with van der Waals surface area (Å²) in [5.41, 5.74) is -2.59. The Labute approximate surface area is 86.2 Å². The summed E-state index contributed by atoms with van der Waals surface area (Å²) in [7, 11) is 0. The first-order valence-corrected chi connectivity index (χ1v) is 4.13. The van der Waals surface area contributed by atoms with Gasteiger partial charge in [0.15, 0.2) is 0 Å². The highest BCUT2D eigenvalue weighted by molar-refractivity contribution is 6.04. The van der Waals surface area contributed by atoms with Gasteiger partial charge in [-0.25, -0.2) is 14.4 Å². The first-order chi connectivity index (χ1) is 6.77. The predicted molar refractivity (Wildman–Crippen MR) is 49.2 cm³/mol. The van der Waals surface area contributed by atoms with E-state index in [9.17, 15) is 14.4 Å². The van der Waals surface area contributed by atoms with Gasteiger partial charge in [-0.1, -0.05) is 13.5 Å². The average molecular weight is 216 g/mol. The lowest BCUT2D eigenvalue weighted by molar-refractivity contribution is -0.189. The van der Waals surface area contributed by atoms with E-state index in [1.807, 2.05) is 0 Å². The monoisotopic (exact) mass is 216 g/mol. The first-order valence-electron chi connectivity index (χ1n) is 4.13. The number of carboxylic acid groups (broad SMARTS) is 2. The summed E-state index contributed by atoms with van der Waals surface area (Å²) in [6.07, 6.45) is -0.364. The van der Waals surface area contributed by atoms with E-state index in [4.69, 9.17) is 10.2 Å². The molecule has 0 spiro atoms. The van der Waals surface area contributed by atoms with E-state index in [0.29, 0.717) is 0 Å². The fourth-order valence-corrected chi connectivity index (χ4v) is 0.799. The van der Waals surface area contributed by atoms with Crippen LogP contribution in [0.4, 0.5) is 0 Å². The second-order valence-corrected chi connectivity index (χ2v) is 2.96. The van der Waals surface area contributed by atoms with Crippen molar-refractivity contribution in [1.82, 2.24) is 0 Å². The number of rotatable bonds is 5. The fourth-order valence-electron chi connectivity index (χ4n) is 0.799. The highest BCUT2D eigenvalue weighted by atomic mass is 16.6. The van der Waals surface area contributed by atoms with Crippen LogP contribution in [0, 0.1) is 0 Å². The number of aliphatic carboxylic acids is 2. The molecule has 0 aromatic carbocycles. The third-order valence-corrected chi connectivity index (χ3v) is 1.80. The SMILES string of the molecule is C=C(C)C(=O)OC(CC)(C(=O)O)C(=O)O. The molecule has 0 aromatic rings. The van der Waals surface area contributed by atoms with Crippen molar-refractivity contribution in [2.45, 2.75) is 25.9 Å². The standard InChI is InChI=1S/C9H12O6/c1-4-9(7(11)12,8(13)14)15-6(10)5(2)3/h2,4H2,1,3H3,(H,11,12)(H,13,14). The summed E-state index contributed by atoms with van der Waals surface area (Å²) in [5, 5.41) is 17.5. The molecule has 2 N–H and O–H groups in total. The maximum absolute atomic E-state index is 11.1. The number of ether oxygens (including phenoxy) is 1. The molecule has 15 heavy (non-hydrogen) atoms. The summed E-state index contributed by atoms with van der Waals surface area (Å²) >= 11 is 0. The molecule has 0 rings (SSSR count). The Bertz CT molecular complexity index is 303. The molecule has 0 aliphatic rings. The lowest BCUT2D eigenvalue weighted by Crippen LogP contribution is -2.50. The van der Waals surface area contributed by atoms with Crippen LogP contribution in [0.1, 0.15) is 20.3 Å². The zero-order chi connectivity index (χ0) is 12.2. The third kappa shape index (κ3) is 2.55. The van der Waals surface area contributed by atoms with Crippen molar-refractivity contribution in [3.63, 3.8) is 0 Å². The molecule has 84 valence electrons. The van der Waals surface area contributed by atoms with E-state index >= 15 is 0 Å². The van der Waals surface area contributed by atoms with Gasteiger partial charge in [0.1, 0.15) is 0 Å². The number of hydrogen-bond acceptors (Lipinski definition) is 4. The lowest BCUT2D eigenvalue weighted by Gasteiger charge is -2.23. The molecule has 0 amide bonds. The normalized spacial score (nSPS) is 10.5. The minimum atomic E-state index is -2.53. The molecule has 0 atom stereocenters. The Balaban J connectivity index is 5.12. The lowest BCUT2D eigenvalue weighted by atomic mass is 10.0. The van der Waals surface area contributed by atoms with Crippen molar-refractivity contribution in [3.05, 3.63) is 12.2 Å². The molecule has 6 nitrogen and oxygen atoms in total. The second-order valence-electron chi connectivity index (χ2n) is 2.96. The van der Waals surface area contributed by atoms with Crippen molar-refractivity contribution in [2.75, 3.05) is 0 Å². The van der Waals surface area contributed by atoms with Crippen molar-refractivity contribution in [3.8, 4) is 0 Å². The van der Waals surface area contributed by atoms with Crippen LogP contribution in [0.2, 0.25) is 0 Å². The van der Waals surface area contributed by atoms with Crippen LogP contribution in [0.25, 0.3) is 0 Å². The van der Waals surface area contributed by atoms with Gasteiger partial charge in [0, 0.05) is 12.0 Å². The third-order valence-electron chi connectivity index (χ3n) is 1.80. The Morgan fingerprint density at radius 2 is 1.67 bits per heavy atom. The molecular formula is C9H12O6. The number of hydrogen-bond donors (Lipinski definition) is 2. The fraction of sp³-hybridized carbons (Fsp3) is 0.444. The van der Waals surface area contributed by atoms with E-state index in [2.05, 4.69) is 11.3 Å². The molecule has 0 saturated carbocycles. The molecule has 0 heterocycles. The van der Waals surface area contributed by atoms with E-state index in [-0.39, 0.29) is 12.0 Å². The van der Waals surface area contributed by atoms with E-state index in [1.165, 1.54) is 13.8 Å². The van der Waals surface area contributed by atoms with Crippen LogP contribution in [0.5, 0.6) is 0 Å². The van der Waals surface area contributed by atoms with Crippen LogP contribution in [0.15, 0.2) is 12.2 Å². The first kappa shape index (κ1) is 13.2. The van der Waals surface area contributed by atoms with Gasteiger partial charge in [-0.3, -0.25) is 0 Å². The minimum Gasteiger partial charge on any atom is -0.478 e. The van der Waals surface area contributed by atoms with Crippen LogP contribution in [-0.4, -0.2) is 33.7 Å². The summed E-state index contributed by atoms with van der Waals surface area (Å²) in [6, 6.07) is 0. The molecule has 0 aliphatic carbocycles. The molecule has 0 radical (unpaired) electrons. The van der Waals surface area contributed by atoms with Crippen molar-refractivity contribution < 1.29 is 29.3 Å². The van der Waals surface area contributed by atoms with Gasteiger partial charge in [0.25, 0.3) is 0 Å². The summed E-state index contributed by atoms with van der Waals surface area (Å²) in [6.45, 7) is 5.83. The highest BCUT2D eigenvalue weighted by Gasteiger charge is 2.49. The van der Waals surface area contributed by atoms with Crippen molar-refractivity contribution in [2.24, 2.45) is 0 Å². The summed E-state index contributed by atoms with van der Waals surface area (Å²) < 4.78 is 4.43. The van der Waals surface area contributed by atoms with E-state index in [1.54, 1.807) is 0 Å². The van der Waals surface area contributed by atoms with Gasteiger partial charge < -0.3 is 14.9 Å². The minimum absolute atomic E-state index is 0.0599. The Morgan fingerprint density at radius 3 is 1.87 bits per heavy atom. The molecule has 6 heteroatoms. The quantitative estimate of drug-likeness (QED) is 0.392. The average Bonchev–Trinajstić information content (AvgIpc) is 2.12. The smallest absolute Gasteiger partial charge is 0.360 e. The molecule has 0 aromatic heterocycles. The van der Waals surface area contributed by atoms with Gasteiger partial charge in [0.2, 0.25) is 0 Å². The van der Waals surface area contributed by atoms with Crippen LogP contribution in [0.3, 0.4) is 0 Å². The zero-order valence-corrected chi connectivity index (χ0v) is 8.44. The highest BCUT2D eigenvalue weighted by Crippen LogP contribution is 2.18. The Hall–Kier alpha value is -1.85. The second kappa shape index (κ2) is 4.59. The van der Waals surface area contributed by atoms with Crippen LogP contribution in [-0.2, 0) is 19.1 Å². The molecular weight excluding hydrogens is 204 g/mol. The number of carbonyl (C=O) groups is 3. The summed E-state index contributed by atoms with van der Waals surface area (Å²) in [5.74, 6) is -4.47. The Kier molecular flexibility index (Phi) is 4.02.